The van der Waals surface area contributed by atoms with Crippen molar-refractivity contribution in [1.29, 1.82) is 0 Å². The van der Waals surface area contributed by atoms with Gasteiger partial charge in [-0.2, -0.15) is 0 Å². The Morgan fingerprint density at radius 3 is 1.84 bits per heavy atom. The zero-order valence-corrected chi connectivity index (χ0v) is 26.4. The first-order chi connectivity index (χ1) is 21.4. The van der Waals surface area contributed by atoms with Crippen LogP contribution >= 0.6 is 0 Å². The van der Waals surface area contributed by atoms with E-state index in [9.17, 15) is 0 Å². The standard InChI is InChI=1S/C40H50F4/c1-3-5-6-7-8-9-10-33-23-24-34(38(42)37(33)41)31-19-21-32(22-20-31)36-26-25-35(39(43)40(36)44)30-17-15-29(16-18-30)28-13-11-27(4-2)12-14-28/h4,17,19-29,37-40H,2-3,5-16,18H2,1H3. The lowest BCUT2D eigenvalue weighted by Crippen LogP contribution is -2.27. The van der Waals surface area contributed by atoms with Gasteiger partial charge >= 0.3 is 0 Å². The predicted molar refractivity (Wildman–Crippen MR) is 177 cm³/mol. The maximum absolute atomic E-state index is 15.5. The van der Waals surface area contributed by atoms with Crippen LogP contribution in [0.2, 0.25) is 0 Å². The molecule has 1 aromatic rings. The molecule has 0 spiro atoms. The average Bonchev–Trinajstić information content (AvgIpc) is 3.06. The zero-order chi connectivity index (χ0) is 31.1. The molecule has 4 heteroatoms. The van der Waals surface area contributed by atoms with E-state index in [0.717, 1.165) is 50.0 Å². The van der Waals surface area contributed by atoms with Crippen LogP contribution in [0.25, 0.3) is 11.1 Å². The van der Waals surface area contributed by atoms with E-state index in [0.29, 0.717) is 51.7 Å². The SMILES string of the molecule is C=CC1CCC(C2CC=C(C3=CC=C(c4ccc(C5=CC=C(CCCCCCCC)C(F)C5F)cc4)C(F)C3F)CC2)CC1. The van der Waals surface area contributed by atoms with Gasteiger partial charge in [0.25, 0.3) is 0 Å². The minimum Gasteiger partial charge on any atom is -0.239 e. The third-order valence-corrected chi connectivity index (χ3v) is 10.7. The van der Waals surface area contributed by atoms with E-state index < -0.39 is 24.7 Å². The highest BCUT2D eigenvalue weighted by atomic mass is 19.2. The second-order valence-corrected chi connectivity index (χ2v) is 13.5. The van der Waals surface area contributed by atoms with E-state index in [-0.39, 0.29) is 0 Å². The van der Waals surface area contributed by atoms with E-state index in [1.54, 1.807) is 48.6 Å². The number of hydrogen-bond donors (Lipinski definition) is 0. The Morgan fingerprint density at radius 1 is 0.659 bits per heavy atom. The molecule has 0 amide bonds. The second-order valence-electron chi connectivity index (χ2n) is 13.5. The minimum atomic E-state index is -1.76. The fourth-order valence-corrected chi connectivity index (χ4v) is 7.78. The van der Waals surface area contributed by atoms with Crippen molar-refractivity contribution in [3.05, 3.63) is 95.1 Å². The summed E-state index contributed by atoms with van der Waals surface area (Å²) in [6.45, 7) is 6.13. The summed E-state index contributed by atoms with van der Waals surface area (Å²) in [5.74, 6) is 2.01. The van der Waals surface area contributed by atoms with Crippen LogP contribution in [0.3, 0.4) is 0 Å². The Kier molecular flexibility index (Phi) is 11.6. The van der Waals surface area contributed by atoms with E-state index in [1.165, 1.54) is 44.9 Å². The molecule has 0 nitrogen and oxygen atoms in total. The molecule has 5 atom stereocenters. The summed E-state index contributed by atoms with van der Waals surface area (Å²) in [5, 5.41) is 0. The lowest BCUT2D eigenvalue weighted by atomic mass is 9.70. The van der Waals surface area contributed by atoms with Gasteiger partial charge in [0.15, 0.2) is 24.7 Å². The number of allylic oxidation sites excluding steroid dienone is 11. The lowest BCUT2D eigenvalue weighted by molar-refractivity contribution is 0.207. The molecule has 0 bridgehead atoms. The summed E-state index contributed by atoms with van der Waals surface area (Å²) in [7, 11) is 0. The quantitative estimate of drug-likeness (QED) is 0.126. The zero-order valence-electron chi connectivity index (χ0n) is 26.4. The molecule has 0 aliphatic heterocycles. The average molecular weight is 607 g/mol. The van der Waals surface area contributed by atoms with Crippen molar-refractivity contribution < 1.29 is 17.6 Å². The molecule has 5 unspecified atom stereocenters. The van der Waals surface area contributed by atoms with Crippen molar-refractivity contribution in [2.24, 2.45) is 17.8 Å². The van der Waals surface area contributed by atoms with Crippen LogP contribution in [-0.2, 0) is 0 Å². The number of alkyl halides is 4. The van der Waals surface area contributed by atoms with Gasteiger partial charge in [-0.05, 0) is 115 Å². The molecule has 238 valence electrons. The maximum atomic E-state index is 15.5. The number of hydrogen-bond acceptors (Lipinski definition) is 0. The molecule has 1 saturated carbocycles. The van der Waals surface area contributed by atoms with E-state index in [4.69, 9.17) is 0 Å². The van der Waals surface area contributed by atoms with Crippen LogP contribution in [0.1, 0.15) is 108 Å². The van der Waals surface area contributed by atoms with Gasteiger partial charge in [0.2, 0.25) is 0 Å². The van der Waals surface area contributed by atoms with Gasteiger partial charge in [0.05, 0.1) is 0 Å². The van der Waals surface area contributed by atoms with Gasteiger partial charge in [-0.25, -0.2) is 17.6 Å². The highest BCUT2D eigenvalue weighted by molar-refractivity contribution is 5.78. The van der Waals surface area contributed by atoms with Gasteiger partial charge in [0.1, 0.15) is 0 Å². The molecule has 0 radical (unpaired) electrons. The van der Waals surface area contributed by atoms with Crippen molar-refractivity contribution >= 4 is 11.1 Å². The Labute approximate surface area is 262 Å². The van der Waals surface area contributed by atoms with Crippen molar-refractivity contribution in [3.8, 4) is 0 Å². The van der Waals surface area contributed by atoms with E-state index in [2.05, 4.69) is 25.7 Å². The highest BCUT2D eigenvalue weighted by Gasteiger charge is 2.35. The van der Waals surface area contributed by atoms with Crippen LogP contribution < -0.4 is 0 Å². The van der Waals surface area contributed by atoms with Crippen LogP contribution in [0, 0.1) is 17.8 Å². The molecule has 4 aliphatic rings. The van der Waals surface area contributed by atoms with Crippen molar-refractivity contribution in [3.63, 3.8) is 0 Å². The van der Waals surface area contributed by atoms with Crippen molar-refractivity contribution in [2.75, 3.05) is 0 Å². The highest BCUT2D eigenvalue weighted by Crippen LogP contribution is 2.43. The largest absolute Gasteiger partial charge is 0.239 e. The first-order valence-electron chi connectivity index (χ1n) is 17.2. The van der Waals surface area contributed by atoms with Gasteiger partial charge in [-0.1, -0.05) is 99.7 Å². The van der Waals surface area contributed by atoms with Crippen molar-refractivity contribution in [2.45, 2.75) is 122 Å². The molecule has 0 saturated heterocycles. The molecule has 1 fully saturated rings. The number of benzene rings is 1. The van der Waals surface area contributed by atoms with E-state index in [1.807, 2.05) is 0 Å². The molecule has 0 heterocycles. The Hall–Kier alpha value is -2.62. The van der Waals surface area contributed by atoms with Crippen molar-refractivity contribution in [1.82, 2.24) is 0 Å². The van der Waals surface area contributed by atoms with Gasteiger partial charge < -0.3 is 0 Å². The number of rotatable bonds is 12. The summed E-state index contributed by atoms with van der Waals surface area (Å²) in [6, 6.07) is 6.78. The topological polar surface area (TPSA) is 0 Å². The van der Waals surface area contributed by atoms with Crippen LogP contribution in [0.4, 0.5) is 17.6 Å². The number of unbranched alkanes of at least 4 members (excludes halogenated alkanes) is 5. The summed E-state index contributed by atoms with van der Waals surface area (Å²) < 4.78 is 61.2. The van der Waals surface area contributed by atoms with Gasteiger partial charge in [-0.3, -0.25) is 0 Å². The first-order valence-corrected chi connectivity index (χ1v) is 17.2. The third kappa shape index (κ3) is 7.60. The Balaban J connectivity index is 1.21. The van der Waals surface area contributed by atoms with E-state index >= 15 is 17.6 Å². The first kappa shape index (κ1) is 32.8. The molecular weight excluding hydrogens is 556 g/mol. The maximum Gasteiger partial charge on any atom is 0.161 e. The molecule has 44 heavy (non-hydrogen) atoms. The molecule has 0 N–H and O–H groups in total. The lowest BCUT2D eigenvalue weighted by Gasteiger charge is -2.35. The molecule has 1 aromatic carbocycles. The third-order valence-electron chi connectivity index (χ3n) is 10.7. The Morgan fingerprint density at radius 2 is 1.23 bits per heavy atom. The van der Waals surface area contributed by atoms with Gasteiger partial charge in [0, 0.05) is 0 Å². The molecule has 4 aliphatic carbocycles. The molecule has 5 rings (SSSR count). The second kappa shape index (κ2) is 15.6. The summed E-state index contributed by atoms with van der Waals surface area (Å²) >= 11 is 0. The minimum absolute atomic E-state index is 0.292. The summed E-state index contributed by atoms with van der Waals surface area (Å²) in [5.41, 5.74) is 3.67. The number of halogens is 4. The van der Waals surface area contributed by atoms with Crippen LogP contribution in [-0.4, -0.2) is 24.7 Å². The van der Waals surface area contributed by atoms with Crippen LogP contribution in [0.5, 0.6) is 0 Å². The summed E-state index contributed by atoms with van der Waals surface area (Å²) in [4.78, 5) is 0. The predicted octanol–water partition coefficient (Wildman–Crippen LogP) is 12.2. The molecular formula is C40H50F4. The van der Waals surface area contributed by atoms with Crippen LogP contribution in [0.15, 0.2) is 84.0 Å². The fraction of sp³-hybridized carbons (Fsp3) is 0.550. The Bertz CT molecular complexity index is 1270. The smallest absolute Gasteiger partial charge is 0.161 e. The summed E-state index contributed by atoms with van der Waals surface area (Å²) in [6.07, 6.45) is 19.2. The molecule has 0 aromatic heterocycles. The van der Waals surface area contributed by atoms with Gasteiger partial charge in [-0.15, -0.1) is 6.58 Å². The fourth-order valence-electron chi connectivity index (χ4n) is 7.78. The normalized spacial score (nSPS) is 30.9. The monoisotopic (exact) mass is 606 g/mol.